The quantitative estimate of drug-likeness (QED) is 0.531. The van der Waals surface area contributed by atoms with E-state index in [2.05, 4.69) is 5.32 Å². The highest BCUT2D eigenvalue weighted by molar-refractivity contribution is 7.99. The van der Waals surface area contributed by atoms with Crippen LogP contribution in [0.4, 0.5) is 5.69 Å². The van der Waals surface area contributed by atoms with Crippen LogP contribution < -0.4 is 11.1 Å². The molecule has 0 saturated heterocycles. The van der Waals surface area contributed by atoms with Crippen molar-refractivity contribution in [2.24, 2.45) is 5.73 Å². The van der Waals surface area contributed by atoms with Crippen molar-refractivity contribution < 1.29 is 19.1 Å². The van der Waals surface area contributed by atoms with Crippen LogP contribution in [0.2, 0.25) is 5.02 Å². The number of ether oxygens (including phenoxy) is 1. The first-order valence-electron chi connectivity index (χ1n) is 8.81. The second-order valence-electron chi connectivity index (χ2n) is 6.12. The van der Waals surface area contributed by atoms with Crippen LogP contribution in [0.15, 0.2) is 82.6 Å². The number of nitrogens with two attached hydrogens (primary N) is 1. The summed E-state index contributed by atoms with van der Waals surface area (Å²) < 4.78 is 5.05. The molecule has 0 heterocycles. The Bertz CT molecular complexity index is 1070. The molecule has 0 atom stereocenters. The zero-order chi connectivity index (χ0) is 21.5. The molecule has 3 aromatic carbocycles. The van der Waals surface area contributed by atoms with Crippen molar-refractivity contribution in [2.75, 3.05) is 11.9 Å². The molecule has 0 unspecified atom stereocenters. The topological polar surface area (TPSA) is 98.5 Å². The molecule has 152 valence electrons. The third kappa shape index (κ3) is 5.85. The molecule has 0 radical (unpaired) electrons. The van der Waals surface area contributed by atoms with Gasteiger partial charge in [0, 0.05) is 20.4 Å². The van der Waals surface area contributed by atoms with Crippen molar-refractivity contribution in [3.05, 3.63) is 88.9 Å². The Balaban J connectivity index is 1.59. The predicted octanol–water partition coefficient (Wildman–Crippen LogP) is 4.39. The highest BCUT2D eigenvalue weighted by Crippen LogP contribution is 2.33. The molecule has 0 spiro atoms. The summed E-state index contributed by atoms with van der Waals surface area (Å²) in [6.07, 6.45) is 0. The number of anilines is 1. The molecule has 6 nitrogen and oxygen atoms in total. The molecule has 0 aromatic heterocycles. The minimum absolute atomic E-state index is 0.214. The number of carbonyl (C=O) groups is 3. The average Bonchev–Trinajstić information content (AvgIpc) is 2.75. The smallest absolute Gasteiger partial charge is 0.338 e. The third-order valence-electron chi connectivity index (χ3n) is 3.94. The Morgan fingerprint density at radius 2 is 1.53 bits per heavy atom. The number of nitrogens with one attached hydrogen (secondary N) is 1. The van der Waals surface area contributed by atoms with E-state index in [9.17, 15) is 14.4 Å². The summed E-state index contributed by atoms with van der Waals surface area (Å²) in [6, 6.07) is 20.3. The van der Waals surface area contributed by atoms with Crippen LogP contribution in [-0.4, -0.2) is 24.4 Å². The van der Waals surface area contributed by atoms with Crippen molar-refractivity contribution >= 4 is 46.8 Å². The number of carbonyl (C=O) groups excluding carboxylic acids is 3. The minimum Gasteiger partial charge on any atom is -0.452 e. The van der Waals surface area contributed by atoms with E-state index in [0.29, 0.717) is 10.7 Å². The van der Waals surface area contributed by atoms with Crippen LogP contribution in [-0.2, 0) is 9.53 Å². The van der Waals surface area contributed by atoms with Gasteiger partial charge in [0.1, 0.15) is 0 Å². The lowest BCUT2D eigenvalue weighted by atomic mass is 10.1. The Labute approximate surface area is 182 Å². The van der Waals surface area contributed by atoms with E-state index in [-0.39, 0.29) is 11.1 Å². The average molecular weight is 441 g/mol. The van der Waals surface area contributed by atoms with Crippen LogP contribution in [0.5, 0.6) is 0 Å². The fourth-order valence-electron chi connectivity index (χ4n) is 2.46. The number of primary amides is 1. The molecule has 3 aromatic rings. The Morgan fingerprint density at radius 1 is 0.900 bits per heavy atom. The van der Waals surface area contributed by atoms with Crippen LogP contribution in [0.3, 0.4) is 0 Å². The molecule has 0 fully saturated rings. The molecule has 3 N–H and O–H groups in total. The summed E-state index contributed by atoms with van der Waals surface area (Å²) in [5.41, 5.74) is 6.26. The fourth-order valence-corrected chi connectivity index (χ4v) is 3.49. The number of hydrogen-bond donors (Lipinski definition) is 2. The minimum atomic E-state index is -0.676. The normalized spacial score (nSPS) is 10.3. The molecule has 0 aliphatic heterocycles. The molecule has 8 heteroatoms. The van der Waals surface area contributed by atoms with Crippen molar-refractivity contribution in [1.82, 2.24) is 0 Å². The largest absolute Gasteiger partial charge is 0.452 e. The van der Waals surface area contributed by atoms with E-state index < -0.39 is 24.4 Å². The maximum atomic E-state index is 12.3. The lowest BCUT2D eigenvalue weighted by Gasteiger charge is -2.11. The SMILES string of the molecule is NC(=O)c1ccc(C(=O)OCC(=O)Nc2ccccc2Sc2ccc(Cl)cc2)cc1. The van der Waals surface area contributed by atoms with E-state index in [1.165, 1.54) is 36.0 Å². The zero-order valence-electron chi connectivity index (χ0n) is 15.6. The van der Waals surface area contributed by atoms with E-state index >= 15 is 0 Å². The van der Waals surface area contributed by atoms with Crippen LogP contribution in [0, 0.1) is 0 Å². The van der Waals surface area contributed by atoms with Crippen molar-refractivity contribution in [3.63, 3.8) is 0 Å². The van der Waals surface area contributed by atoms with Gasteiger partial charge >= 0.3 is 5.97 Å². The molecule has 3 rings (SSSR count). The van der Waals surface area contributed by atoms with E-state index in [1.54, 1.807) is 24.3 Å². The molecular weight excluding hydrogens is 424 g/mol. The molecule has 2 amide bonds. The van der Waals surface area contributed by atoms with Gasteiger partial charge in [-0.1, -0.05) is 35.5 Å². The first-order valence-corrected chi connectivity index (χ1v) is 10.0. The molecular formula is C22H17ClN2O4S. The fraction of sp³-hybridized carbons (Fsp3) is 0.0455. The summed E-state index contributed by atoms with van der Waals surface area (Å²) >= 11 is 7.38. The monoisotopic (exact) mass is 440 g/mol. The van der Waals surface area contributed by atoms with Gasteiger partial charge in [-0.05, 0) is 60.7 Å². The van der Waals surface area contributed by atoms with Crippen LogP contribution >= 0.6 is 23.4 Å². The summed E-state index contributed by atoms with van der Waals surface area (Å²) in [6.45, 7) is -0.448. The molecule has 0 saturated carbocycles. The standard InChI is InChI=1S/C22H17ClN2O4S/c23-16-9-11-17(12-10-16)30-19-4-2-1-3-18(19)25-20(26)13-29-22(28)15-7-5-14(6-8-15)21(24)27/h1-12H,13H2,(H2,24,27)(H,25,26). The van der Waals surface area contributed by atoms with Gasteiger partial charge in [-0.25, -0.2) is 4.79 Å². The van der Waals surface area contributed by atoms with E-state index in [4.69, 9.17) is 22.1 Å². The lowest BCUT2D eigenvalue weighted by molar-refractivity contribution is -0.119. The van der Waals surface area contributed by atoms with Gasteiger partial charge in [0.05, 0.1) is 11.3 Å². The number of benzene rings is 3. The van der Waals surface area contributed by atoms with E-state index in [1.807, 2.05) is 24.3 Å². The first-order chi connectivity index (χ1) is 14.4. The zero-order valence-corrected chi connectivity index (χ0v) is 17.2. The van der Waals surface area contributed by atoms with E-state index in [0.717, 1.165) is 9.79 Å². The van der Waals surface area contributed by atoms with Gasteiger partial charge in [0.15, 0.2) is 6.61 Å². The van der Waals surface area contributed by atoms with Crippen molar-refractivity contribution in [3.8, 4) is 0 Å². The first kappa shape index (κ1) is 21.4. The highest BCUT2D eigenvalue weighted by atomic mass is 35.5. The number of esters is 1. The molecule has 0 bridgehead atoms. The third-order valence-corrected chi connectivity index (χ3v) is 5.28. The van der Waals surface area contributed by atoms with Gasteiger partial charge < -0.3 is 15.8 Å². The number of halogens is 1. The Hall–Kier alpha value is -3.29. The Morgan fingerprint density at radius 3 is 2.20 bits per heavy atom. The van der Waals surface area contributed by atoms with Crippen molar-refractivity contribution in [2.45, 2.75) is 9.79 Å². The summed E-state index contributed by atoms with van der Waals surface area (Å²) in [7, 11) is 0. The second-order valence-corrected chi connectivity index (χ2v) is 7.67. The Kier molecular flexibility index (Phi) is 7.11. The number of para-hydroxylation sites is 1. The van der Waals surface area contributed by atoms with Gasteiger partial charge in [-0.2, -0.15) is 0 Å². The lowest BCUT2D eigenvalue weighted by Crippen LogP contribution is -2.21. The number of rotatable bonds is 7. The molecule has 0 aliphatic rings. The molecule has 0 aliphatic carbocycles. The highest BCUT2D eigenvalue weighted by Gasteiger charge is 2.13. The summed E-state index contributed by atoms with van der Waals surface area (Å²) in [5, 5.41) is 3.39. The van der Waals surface area contributed by atoms with Crippen LogP contribution in [0.1, 0.15) is 20.7 Å². The van der Waals surface area contributed by atoms with Crippen LogP contribution in [0.25, 0.3) is 0 Å². The van der Waals surface area contributed by atoms with Crippen molar-refractivity contribution in [1.29, 1.82) is 0 Å². The summed E-state index contributed by atoms with van der Waals surface area (Å²) in [5.74, 6) is -1.74. The second kappa shape index (κ2) is 9.96. The molecule has 30 heavy (non-hydrogen) atoms. The maximum absolute atomic E-state index is 12.3. The maximum Gasteiger partial charge on any atom is 0.338 e. The summed E-state index contributed by atoms with van der Waals surface area (Å²) in [4.78, 5) is 37.2. The van der Waals surface area contributed by atoms with Gasteiger partial charge in [0.2, 0.25) is 5.91 Å². The van der Waals surface area contributed by atoms with Gasteiger partial charge in [0.25, 0.3) is 5.91 Å². The van der Waals surface area contributed by atoms with Gasteiger partial charge in [-0.15, -0.1) is 0 Å². The number of hydrogen-bond acceptors (Lipinski definition) is 5. The number of amides is 2. The predicted molar refractivity (Wildman–Crippen MR) is 116 cm³/mol. The van der Waals surface area contributed by atoms with Gasteiger partial charge in [-0.3, -0.25) is 9.59 Å².